The van der Waals surface area contributed by atoms with E-state index in [1.54, 1.807) is 0 Å². The van der Waals surface area contributed by atoms with E-state index in [0.29, 0.717) is 5.16 Å². The van der Waals surface area contributed by atoms with Gasteiger partial charge in [-0.1, -0.05) is 61.2 Å². The van der Waals surface area contributed by atoms with Gasteiger partial charge in [-0.05, 0) is 36.6 Å². The van der Waals surface area contributed by atoms with Gasteiger partial charge in [-0.15, -0.1) is 5.10 Å². The number of hydrogen-bond acceptors (Lipinski definition) is 4. The first-order valence-corrected chi connectivity index (χ1v) is 9.45. The summed E-state index contributed by atoms with van der Waals surface area (Å²) in [5.74, 6) is 0.729. The molecule has 0 aliphatic heterocycles. The minimum Gasteiger partial charge on any atom is -0.325 e. The van der Waals surface area contributed by atoms with Crippen LogP contribution in [0.1, 0.15) is 34.7 Å². The summed E-state index contributed by atoms with van der Waals surface area (Å²) in [7, 11) is 0. The molecule has 134 valence electrons. The first-order chi connectivity index (χ1) is 12.6. The number of nitrogens with one attached hydrogen (secondary N) is 2. The lowest BCUT2D eigenvalue weighted by atomic mass is 10.1. The van der Waals surface area contributed by atoms with Crippen LogP contribution in [0.25, 0.3) is 0 Å². The molecule has 3 aromatic rings. The zero-order chi connectivity index (χ0) is 18.5. The largest absolute Gasteiger partial charge is 0.325 e. The summed E-state index contributed by atoms with van der Waals surface area (Å²) in [5, 5.41) is 10.3. The van der Waals surface area contributed by atoms with Gasteiger partial charge in [-0.3, -0.25) is 9.89 Å². The van der Waals surface area contributed by atoms with Crippen molar-refractivity contribution in [2.24, 2.45) is 0 Å². The number of thioether (sulfide) groups is 1. The van der Waals surface area contributed by atoms with Gasteiger partial charge in [-0.2, -0.15) is 0 Å². The second-order valence-corrected chi connectivity index (χ2v) is 7.21. The van der Waals surface area contributed by atoms with Crippen LogP contribution >= 0.6 is 11.8 Å². The fourth-order valence-corrected chi connectivity index (χ4v) is 3.49. The second kappa shape index (κ2) is 8.19. The van der Waals surface area contributed by atoms with Crippen molar-refractivity contribution < 1.29 is 4.79 Å². The van der Waals surface area contributed by atoms with Gasteiger partial charge >= 0.3 is 0 Å². The number of carbonyl (C=O) groups is 1. The van der Waals surface area contributed by atoms with Crippen LogP contribution in [0.4, 0.5) is 5.69 Å². The number of anilines is 1. The minimum absolute atomic E-state index is 0.0854. The standard InChI is InChI=1S/C20H22N4OS/c1-4-17-22-20(24-23-17)26-18(15-8-6-5-7-9-15)19(25)21-16-12-13(2)10-11-14(16)3/h5-12,18H,4H2,1-3H3,(H,21,25)(H,22,23,24). The quantitative estimate of drug-likeness (QED) is 0.632. The van der Waals surface area contributed by atoms with Gasteiger partial charge in [0.05, 0.1) is 0 Å². The van der Waals surface area contributed by atoms with E-state index in [9.17, 15) is 4.79 Å². The highest BCUT2D eigenvalue weighted by Gasteiger charge is 2.24. The Bertz CT molecular complexity index is 892. The maximum atomic E-state index is 13.1. The predicted octanol–water partition coefficient (Wildman–Crippen LogP) is 4.46. The molecule has 1 unspecified atom stereocenters. The molecule has 0 aliphatic rings. The lowest BCUT2D eigenvalue weighted by Crippen LogP contribution is -2.19. The van der Waals surface area contributed by atoms with Gasteiger partial charge in [0.15, 0.2) is 0 Å². The molecule has 0 saturated carbocycles. The molecule has 1 amide bonds. The van der Waals surface area contributed by atoms with E-state index >= 15 is 0 Å². The predicted molar refractivity (Wildman–Crippen MR) is 105 cm³/mol. The molecule has 3 rings (SSSR count). The van der Waals surface area contributed by atoms with Crippen LogP contribution in [0.15, 0.2) is 53.7 Å². The van der Waals surface area contributed by atoms with Crippen LogP contribution in [-0.4, -0.2) is 21.1 Å². The molecule has 0 radical (unpaired) electrons. The molecule has 0 spiro atoms. The SMILES string of the molecule is CCc1nc(SC(C(=O)Nc2cc(C)ccc2C)c2ccccc2)n[nH]1. The zero-order valence-corrected chi connectivity index (χ0v) is 15.9. The first-order valence-electron chi connectivity index (χ1n) is 8.58. The van der Waals surface area contributed by atoms with Gasteiger partial charge in [0.25, 0.3) is 0 Å². The van der Waals surface area contributed by atoms with E-state index < -0.39 is 5.25 Å². The number of rotatable bonds is 6. The highest BCUT2D eigenvalue weighted by atomic mass is 32.2. The third-order valence-electron chi connectivity index (χ3n) is 4.06. The van der Waals surface area contributed by atoms with Crippen LogP contribution in [0.5, 0.6) is 0 Å². The Balaban J connectivity index is 1.87. The minimum atomic E-state index is -0.434. The second-order valence-electron chi connectivity index (χ2n) is 6.13. The lowest BCUT2D eigenvalue weighted by Gasteiger charge is -2.17. The number of amides is 1. The van der Waals surface area contributed by atoms with Crippen molar-refractivity contribution in [3.63, 3.8) is 0 Å². The van der Waals surface area contributed by atoms with Gasteiger partial charge in [-0.25, -0.2) is 4.98 Å². The van der Waals surface area contributed by atoms with Gasteiger partial charge in [0.2, 0.25) is 11.1 Å². The van der Waals surface area contributed by atoms with E-state index in [1.165, 1.54) is 11.8 Å². The summed E-state index contributed by atoms with van der Waals surface area (Å²) in [6.07, 6.45) is 0.776. The smallest absolute Gasteiger partial charge is 0.242 e. The summed E-state index contributed by atoms with van der Waals surface area (Å²) < 4.78 is 0. The van der Waals surface area contributed by atoms with Crippen LogP contribution in [0, 0.1) is 13.8 Å². The fraction of sp³-hybridized carbons (Fsp3) is 0.250. The van der Waals surface area contributed by atoms with Crippen molar-refractivity contribution in [2.45, 2.75) is 37.6 Å². The number of aromatic nitrogens is 3. The monoisotopic (exact) mass is 366 g/mol. The molecule has 1 atom stereocenters. The fourth-order valence-electron chi connectivity index (χ4n) is 2.56. The molecule has 2 aromatic carbocycles. The summed E-state index contributed by atoms with van der Waals surface area (Å²) >= 11 is 1.35. The molecule has 2 N–H and O–H groups in total. The molecule has 0 aliphatic carbocycles. The van der Waals surface area contributed by atoms with E-state index in [2.05, 4.69) is 20.5 Å². The van der Waals surface area contributed by atoms with Crippen molar-refractivity contribution >= 4 is 23.4 Å². The number of nitrogens with zero attached hydrogens (tertiary/aromatic N) is 2. The number of aryl methyl sites for hydroxylation is 3. The molecular weight excluding hydrogens is 344 g/mol. The van der Waals surface area contributed by atoms with Crippen LogP contribution in [-0.2, 0) is 11.2 Å². The third kappa shape index (κ3) is 4.32. The number of H-pyrrole nitrogens is 1. The Labute approximate surface area is 157 Å². The lowest BCUT2D eigenvalue weighted by molar-refractivity contribution is -0.115. The molecule has 0 saturated heterocycles. The Kier molecular flexibility index (Phi) is 5.73. The van der Waals surface area contributed by atoms with Crippen LogP contribution < -0.4 is 5.32 Å². The Morgan fingerprint density at radius 1 is 1.19 bits per heavy atom. The van der Waals surface area contributed by atoms with Crippen molar-refractivity contribution in [1.29, 1.82) is 0 Å². The van der Waals surface area contributed by atoms with Crippen LogP contribution in [0.3, 0.4) is 0 Å². The maximum absolute atomic E-state index is 13.1. The van der Waals surface area contributed by atoms with E-state index in [1.807, 2.05) is 69.3 Å². The molecule has 1 aromatic heterocycles. The number of carbonyl (C=O) groups excluding carboxylic acids is 1. The molecule has 26 heavy (non-hydrogen) atoms. The number of aromatic amines is 1. The highest BCUT2D eigenvalue weighted by molar-refractivity contribution is 8.00. The van der Waals surface area contributed by atoms with Crippen molar-refractivity contribution in [3.05, 3.63) is 71.0 Å². The van der Waals surface area contributed by atoms with Crippen molar-refractivity contribution in [1.82, 2.24) is 15.2 Å². The third-order valence-corrected chi connectivity index (χ3v) is 5.18. The highest BCUT2D eigenvalue weighted by Crippen LogP contribution is 2.34. The first kappa shape index (κ1) is 18.2. The summed E-state index contributed by atoms with van der Waals surface area (Å²) in [5.41, 5.74) is 3.90. The van der Waals surface area contributed by atoms with Crippen molar-refractivity contribution in [2.75, 3.05) is 5.32 Å². The van der Waals surface area contributed by atoms with Crippen LogP contribution in [0.2, 0.25) is 0 Å². The van der Waals surface area contributed by atoms with E-state index in [0.717, 1.165) is 34.6 Å². The molecule has 5 nitrogen and oxygen atoms in total. The number of benzene rings is 2. The normalized spacial score (nSPS) is 12.0. The molecule has 0 bridgehead atoms. The number of hydrogen-bond donors (Lipinski definition) is 2. The van der Waals surface area contributed by atoms with E-state index in [-0.39, 0.29) is 5.91 Å². The maximum Gasteiger partial charge on any atom is 0.242 e. The van der Waals surface area contributed by atoms with Gasteiger partial charge < -0.3 is 5.32 Å². The topological polar surface area (TPSA) is 70.7 Å². The zero-order valence-electron chi connectivity index (χ0n) is 15.1. The van der Waals surface area contributed by atoms with E-state index in [4.69, 9.17) is 0 Å². The summed E-state index contributed by atoms with van der Waals surface area (Å²) in [6, 6.07) is 15.7. The summed E-state index contributed by atoms with van der Waals surface area (Å²) in [4.78, 5) is 17.5. The molecule has 1 heterocycles. The Morgan fingerprint density at radius 2 is 1.96 bits per heavy atom. The Morgan fingerprint density at radius 3 is 2.65 bits per heavy atom. The van der Waals surface area contributed by atoms with Gasteiger partial charge in [0, 0.05) is 12.1 Å². The average Bonchev–Trinajstić information content (AvgIpc) is 3.11. The molecule has 0 fully saturated rings. The summed E-state index contributed by atoms with van der Waals surface area (Å²) in [6.45, 7) is 6.01. The Hall–Kier alpha value is -2.60. The average molecular weight is 366 g/mol. The van der Waals surface area contributed by atoms with Crippen molar-refractivity contribution in [3.8, 4) is 0 Å². The van der Waals surface area contributed by atoms with Gasteiger partial charge in [0.1, 0.15) is 11.1 Å². The molecular formula is C20H22N4OS. The molecule has 6 heteroatoms.